The molecular formula is C10H11BrN2O. The quantitative estimate of drug-likeness (QED) is 0.901. The summed E-state index contributed by atoms with van der Waals surface area (Å²) in [6, 6.07) is 1.89. The number of aromatic nitrogens is 1. The van der Waals surface area contributed by atoms with Gasteiger partial charge in [-0.2, -0.15) is 5.26 Å². The number of nitriles is 1. The Morgan fingerprint density at radius 2 is 2.36 bits per heavy atom. The number of H-pyrrole nitrogens is 1. The molecule has 0 aliphatic rings. The maximum atomic E-state index is 11.2. The summed E-state index contributed by atoms with van der Waals surface area (Å²) in [5.74, 6) is 0. The molecule has 74 valence electrons. The van der Waals surface area contributed by atoms with E-state index in [0.29, 0.717) is 4.47 Å². The number of nitrogens with zero attached hydrogens (tertiary/aromatic N) is 1. The summed E-state index contributed by atoms with van der Waals surface area (Å²) in [4.78, 5) is 13.8. The summed E-state index contributed by atoms with van der Waals surface area (Å²) >= 11 is 3.28. The van der Waals surface area contributed by atoms with Gasteiger partial charge in [-0.05, 0) is 34.3 Å². The monoisotopic (exact) mass is 254 g/mol. The fourth-order valence-corrected chi connectivity index (χ4v) is 1.78. The maximum Gasteiger partial charge on any atom is 0.267 e. The molecule has 0 radical (unpaired) electrons. The van der Waals surface area contributed by atoms with E-state index in [2.05, 4.69) is 27.8 Å². The lowest BCUT2D eigenvalue weighted by Crippen LogP contribution is -2.11. The largest absolute Gasteiger partial charge is 0.328 e. The second kappa shape index (κ2) is 4.97. The van der Waals surface area contributed by atoms with Crippen LogP contribution in [-0.2, 0) is 6.42 Å². The lowest BCUT2D eigenvalue weighted by atomic mass is 10.1. The smallest absolute Gasteiger partial charge is 0.267 e. The summed E-state index contributed by atoms with van der Waals surface area (Å²) in [6.07, 6.45) is 4.69. The average molecular weight is 255 g/mol. The minimum atomic E-state index is -0.334. The third-order valence-electron chi connectivity index (χ3n) is 2.02. The van der Waals surface area contributed by atoms with Gasteiger partial charge in [0, 0.05) is 10.7 Å². The number of pyridine rings is 1. The molecule has 14 heavy (non-hydrogen) atoms. The van der Waals surface area contributed by atoms with E-state index < -0.39 is 0 Å². The van der Waals surface area contributed by atoms with Crippen molar-refractivity contribution in [2.24, 2.45) is 0 Å². The molecule has 0 saturated heterocycles. The molecular weight excluding hydrogens is 244 g/mol. The Labute approximate surface area is 90.9 Å². The fourth-order valence-electron chi connectivity index (χ4n) is 1.20. The van der Waals surface area contributed by atoms with Crippen LogP contribution in [0.15, 0.2) is 15.5 Å². The SMILES string of the molecule is CCCCc1c[nH]c(=O)c(C#N)c1Br. The first-order valence-corrected chi connectivity index (χ1v) is 5.30. The van der Waals surface area contributed by atoms with E-state index in [1.54, 1.807) is 6.20 Å². The Kier molecular flexibility index (Phi) is 3.90. The number of aryl methyl sites for hydroxylation is 1. The van der Waals surface area contributed by atoms with Gasteiger partial charge in [0.25, 0.3) is 5.56 Å². The standard InChI is InChI=1S/C10H11BrN2O/c1-2-3-4-7-6-13-10(14)8(5-12)9(7)11/h6H,2-4H2,1H3,(H,13,14). The summed E-state index contributed by atoms with van der Waals surface area (Å²) in [5, 5.41) is 8.75. The van der Waals surface area contributed by atoms with Crippen molar-refractivity contribution in [3.8, 4) is 6.07 Å². The fraction of sp³-hybridized carbons (Fsp3) is 0.400. The Morgan fingerprint density at radius 1 is 1.64 bits per heavy atom. The number of hydrogen-bond acceptors (Lipinski definition) is 2. The van der Waals surface area contributed by atoms with Crippen molar-refractivity contribution in [1.82, 2.24) is 4.98 Å². The molecule has 0 aromatic carbocycles. The van der Waals surface area contributed by atoms with Crippen LogP contribution in [0.3, 0.4) is 0 Å². The van der Waals surface area contributed by atoms with Crippen LogP contribution in [0, 0.1) is 11.3 Å². The molecule has 3 nitrogen and oxygen atoms in total. The third kappa shape index (κ3) is 2.24. The van der Waals surface area contributed by atoms with Gasteiger partial charge in [-0.1, -0.05) is 13.3 Å². The second-order valence-electron chi connectivity index (χ2n) is 3.05. The summed E-state index contributed by atoms with van der Waals surface area (Å²) in [6.45, 7) is 2.10. The maximum absolute atomic E-state index is 11.2. The minimum Gasteiger partial charge on any atom is -0.328 e. The molecule has 0 atom stereocenters. The van der Waals surface area contributed by atoms with Crippen LogP contribution in [0.4, 0.5) is 0 Å². The van der Waals surface area contributed by atoms with Crippen molar-refractivity contribution < 1.29 is 0 Å². The first-order chi connectivity index (χ1) is 6.70. The Bertz CT molecular complexity index is 417. The number of unbranched alkanes of at least 4 members (excludes halogenated alkanes) is 1. The zero-order valence-corrected chi connectivity index (χ0v) is 9.52. The zero-order chi connectivity index (χ0) is 10.6. The van der Waals surface area contributed by atoms with Gasteiger partial charge in [0.1, 0.15) is 11.6 Å². The van der Waals surface area contributed by atoms with E-state index in [1.165, 1.54) is 0 Å². The molecule has 0 unspecified atom stereocenters. The third-order valence-corrected chi connectivity index (χ3v) is 2.92. The molecule has 1 aromatic rings. The number of aromatic amines is 1. The first kappa shape index (κ1) is 11.0. The van der Waals surface area contributed by atoms with Crippen molar-refractivity contribution in [3.63, 3.8) is 0 Å². The van der Waals surface area contributed by atoms with E-state index in [4.69, 9.17) is 5.26 Å². The zero-order valence-electron chi connectivity index (χ0n) is 7.93. The van der Waals surface area contributed by atoms with Crippen LogP contribution in [0.5, 0.6) is 0 Å². The Balaban J connectivity index is 3.10. The number of halogens is 1. The van der Waals surface area contributed by atoms with Gasteiger partial charge in [0.2, 0.25) is 0 Å². The Morgan fingerprint density at radius 3 is 2.93 bits per heavy atom. The number of rotatable bonds is 3. The van der Waals surface area contributed by atoms with E-state index >= 15 is 0 Å². The van der Waals surface area contributed by atoms with Crippen LogP contribution in [0.2, 0.25) is 0 Å². The molecule has 0 saturated carbocycles. The Hall–Kier alpha value is -1.08. The summed E-state index contributed by atoms with van der Waals surface area (Å²) in [5.41, 5.74) is 0.821. The van der Waals surface area contributed by atoms with Gasteiger partial charge < -0.3 is 4.98 Å². The molecule has 0 bridgehead atoms. The molecule has 0 aliphatic heterocycles. The normalized spacial score (nSPS) is 9.79. The van der Waals surface area contributed by atoms with Crippen LogP contribution in [-0.4, -0.2) is 4.98 Å². The van der Waals surface area contributed by atoms with E-state index in [9.17, 15) is 4.79 Å². The number of nitrogens with one attached hydrogen (secondary N) is 1. The molecule has 1 heterocycles. The van der Waals surface area contributed by atoms with Crippen LogP contribution < -0.4 is 5.56 Å². The van der Waals surface area contributed by atoms with Crippen LogP contribution >= 0.6 is 15.9 Å². The average Bonchev–Trinajstić information content (AvgIpc) is 2.18. The van der Waals surface area contributed by atoms with E-state index in [-0.39, 0.29) is 11.1 Å². The predicted molar refractivity (Wildman–Crippen MR) is 58.1 cm³/mol. The summed E-state index contributed by atoms with van der Waals surface area (Å²) < 4.78 is 0.636. The minimum absolute atomic E-state index is 0.165. The highest BCUT2D eigenvalue weighted by Gasteiger charge is 2.08. The van der Waals surface area contributed by atoms with Gasteiger partial charge in [0.15, 0.2) is 0 Å². The van der Waals surface area contributed by atoms with Gasteiger partial charge in [-0.3, -0.25) is 4.79 Å². The van der Waals surface area contributed by atoms with E-state index in [1.807, 2.05) is 6.07 Å². The summed E-state index contributed by atoms with van der Waals surface area (Å²) in [7, 11) is 0. The molecule has 4 heteroatoms. The molecule has 0 amide bonds. The highest BCUT2D eigenvalue weighted by atomic mass is 79.9. The molecule has 0 fully saturated rings. The van der Waals surface area contributed by atoms with Crippen molar-refractivity contribution in [3.05, 3.63) is 32.2 Å². The predicted octanol–water partition coefficient (Wildman–Crippen LogP) is 2.35. The molecule has 1 N–H and O–H groups in total. The van der Waals surface area contributed by atoms with Gasteiger partial charge in [-0.15, -0.1) is 0 Å². The molecule has 1 rings (SSSR count). The van der Waals surface area contributed by atoms with Crippen LogP contribution in [0.25, 0.3) is 0 Å². The number of hydrogen-bond donors (Lipinski definition) is 1. The van der Waals surface area contributed by atoms with Gasteiger partial charge >= 0.3 is 0 Å². The van der Waals surface area contributed by atoms with Crippen molar-refractivity contribution in [2.45, 2.75) is 26.2 Å². The highest BCUT2D eigenvalue weighted by Crippen LogP contribution is 2.19. The topological polar surface area (TPSA) is 56.6 Å². The highest BCUT2D eigenvalue weighted by molar-refractivity contribution is 9.10. The van der Waals surface area contributed by atoms with Crippen molar-refractivity contribution in [2.75, 3.05) is 0 Å². The molecule has 0 spiro atoms. The van der Waals surface area contributed by atoms with E-state index in [0.717, 1.165) is 24.8 Å². The van der Waals surface area contributed by atoms with Crippen molar-refractivity contribution in [1.29, 1.82) is 5.26 Å². The van der Waals surface area contributed by atoms with Gasteiger partial charge in [0.05, 0.1) is 0 Å². The lowest BCUT2D eigenvalue weighted by Gasteiger charge is -2.03. The van der Waals surface area contributed by atoms with Gasteiger partial charge in [-0.25, -0.2) is 0 Å². The van der Waals surface area contributed by atoms with Crippen molar-refractivity contribution >= 4 is 15.9 Å². The first-order valence-electron chi connectivity index (χ1n) is 4.50. The van der Waals surface area contributed by atoms with Crippen LogP contribution in [0.1, 0.15) is 30.9 Å². The second-order valence-corrected chi connectivity index (χ2v) is 3.84. The molecule has 1 aromatic heterocycles. The molecule has 0 aliphatic carbocycles. The lowest BCUT2D eigenvalue weighted by molar-refractivity contribution is 0.788.